The zero-order valence-corrected chi connectivity index (χ0v) is 13.4. The van der Waals surface area contributed by atoms with Crippen LogP contribution in [0.5, 0.6) is 0 Å². The molecule has 0 amide bonds. The molecule has 1 aliphatic heterocycles. The van der Waals surface area contributed by atoms with Crippen LogP contribution in [0.15, 0.2) is 11.3 Å². The summed E-state index contributed by atoms with van der Waals surface area (Å²) >= 11 is 0. The van der Waals surface area contributed by atoms with Crippen LogP contribution in [0.3, 0.4) is 0 Å². The molecule has 4 unspecified atom stereocenters. The molecule has 0 aromatic rings. The first-order valence-electron chi connectivity index (χ1n) is 8.71. The van der Waals surface area contributed by atoms with E-state index in [2.05, 4.69) is 20.8 Å². The minimum Gasteiger partial charge on any atom is -0.495 e. The third kappa shape index (κ3) is 1.80. The Bertz CT molecular complexity index is 414. The van der Waals surface area contributed by atoms with Crippen molar-refractivity contribution in [3.05, 3.63) is 11.3 Å². The summed E-state index contributed by atoms with van der Waals surface area (Å²) in [7, 11) is 0. The maximum absolute atomic E-state index is 11.2. The molecule has 0 aromatic carbocycles. The van der Waals surface area contributed by atoms with Gasteiger partial charge in [0, 0.05) is 11.8 Å². The van der Waals surface area contributed by atoms with Crippen molar-refractivity contribution in [2.24, 2.45) is 11.3 Å². The predicted molar refractivity (Wildman–Crippen MR) is 81.3 cm³/mol. The Kier molecular flexibility index (Phi) is 3.64. The van der Waals surface area contributed by atoms with Gasteiger partial charge >= 0.3 is 0 Å². The number of rotatable bonds is 3. The monoisotopic (exact) mass is 278 g/mol. The smallest absolute Gasteiger partial charge is 0.0983 e. The SMILES string of the molecule is CCC1CCC2=C(CCC3(CC)C2CCC3(O)CC)O1. The standard InChI is InChI=1S/C18H30O2/c1-4-13-7-8-14-15-9-12-18(19,6-3)17(15,5-2)11-10-16(14)20-13/h13,15,19H,4-12H2,1-3H3. The van der Waals surface area contributed by atoms with E-state index < -0.39 is 5.60 Å². The second-order valence-electron chi connectivity index (χ2n) is 7.12. The van der Waals surface area contributed by atoms with Gasteiger partial charge in [0.05, 0.1) is 17.5 Å². The average molecular weight is 278 g/mol. The minimum atomic E-state index is -0.438. The highest BCUT2D eigenvalue weighted by Crippen LogP contribution is 2.63. The third-order valence-electron chi connectivity index (χ3n) is 6.73. The average Bonchev–Trinajstić information content (AvgIpc) is 2.81. The van der Waals surface area contributed by atoms with Crippen LogP contribution in [-0.2, 0) is 4.74 Å². The van der Waals surface area contributed by atoms with E-state index in [-0.39, 0.29) is 5.41 Å². The fourth-order valence-electron chi connectivity index (χ4n) is 5.43. The highest BCUT2D eigenvalue weighted by molar-refractivity contribution is 5.28. The molecule has 114 valence electrons. The number of ether oxygens (including phenoxy) is 1. The summed E-state index contributed by atoms with van der Waals surface area (Å²) in [6.45, 7) is 6.66. The Labute approximate surface area is 123 Å². The van der Waals surface area contributed by atoms with E-state index in [0.717, 1.165) is 44.9 Å². The predicted octanol–water partition coefficient (Wildman–Crippen LogP) is 4.57. The number of aliphatic hydroxyl groups is 1. The second kappa shape index (κ2) is 5.05. The highest BCUT2D eigenvalue weighted by Gasteiger charge is 2.59. The van der Waals surface area contributed by atoms with Crippen LogP contribution in [0.25, 0.3) is 0 Å². The lowest BCUT2D eigenvalue weighted by atomic mass is 9.58. The van der Waals surface area contributed by atoms with E-state index in [0.29, 0.717) is 12.0 Å². The first kappa shape index (κ1) is 14.4. The van der Waals surface area contributed by atoms with Crippen LogP contribution in [-0.4, -0.2) is 16.8 Å². The van der Waals surface area contributed by atoms with E-state index >= 15 is 0 Å². The van der Waals surface area contributed by atoms with Gasteiger partial charge in [0.25, 0.3) is 0 Å². The lowest BCUT2D eigenvalue weighted by Gasteiger charge is -2.50. The molecule has 0 bridgehead atoms. The number of allylic oxidation sites excluding steroid dienone is 2. The molecular formula is C18H30O2. The lowest BCUT2D eigenvalue weighted by molar-refractivity contribution is -0.0944. The van der Waals surface area contributed by atoms with Crippen LogP contribution >= 0.6 is 0 Å². The van der Waals surface area contributed by atoms with E-state index in [1.54, 1.807) is 5.57 Å². The number of hydrogen-bond donors (Lipinski definition) is 1. The molecule has 0 saturated heterocycles. The van der Waals surface area contributed by atoms with Crippen LogP contribution in [0, 0.1) is 11.3 Å². The molecule has 0 radical (unpaired) electrons. The van der Waals surface area contributed by atoms with Crippen molar-refractivity contribution in [2.75, 3.05) is 0 Å². The van der Waals surface area contributed by atoms with Crippen molar-refractivity contribution in [3.8, 4) is 0 Å². The fraction of sp³-hybridized carbons (Fsp3) is 0.889. The van der Waals surface area contributed by atoms with E-state index in [1.165, 1.54) is 18.6 Å². The topological polar surface area (TPSA) is 29.5 Å². The summed E-state index contributed by atoms with van der Waals surface area (Å²) < 4.78 is 6.24. The summed E-state index contributed by atoms with van der Waals surface area (Å²) in [5.41, 5.74) is 1.27. The number of hydrogen-bond acceptors (Lipinski definition) is 2. The molecule has 4 atom stereocenters. The molecule has 1 fully saturated rings. The van der Waals surface area contributed by atoms with Gasteiger partial charge in [0.15, 0.2) is 0 Å². The molecule has 3 rings (SSSR count). The molecule has 0 spiro atoms. The van der Waals surface area contributed by atoms with Crippen LogP contribution in [0.1, 0.15) is 78.6 Å². The van der Waals surface area contributed by atoms with Gasteiger partial charge in [-0.1, -0.05) is 20.8 Å². The molecule has 20 heavy (non-hydrogen) atoms. The van der Waals surface area contributed by atoms with Crippen LogP contribution in [0.2, 0.25) is 0 Å². The van der Waals surface area contributed by atoms with Crippen molar-refractivity contribution in [1.82, 2.24) is 0 Å². The lowest BCUT2D eigenvalue weighted by Crippen LogP contribution is -2.49. The van der Waals surface area contributed by atoms with Crippen LogP contribution < -0.4 is 0 Å². The van der Waals surface area contributed by atoms with Crippen molar-refractivity contribution in [2.45, 2.75) is 90.3 Å². The molecule has 2 nitrogen and oxygen atoms in total. The molecule has 3 aliphatic rings. The van der Waals surface area contributed by atoms with Gasteiger partial charge in [0.1, 0.15) is 0 Å². The normalized spacial score (nSPS) is 44.0. The molecular weight excluding hydrogens is 248 g/mol. The second-order valence-corrected chi connectivity index (χ2v) is 7.12. The van der Waals surface area contributed by atoms with Crippen molar-refractivity contribution in [1.29, 1.82) is 0 Å². The molecule has 2 heteroatoms. The fourth-order valence-corrected chi connectivity index (χ4v) is 5.43. The summed E-state index contributed by atoms with van der Waals surface area (Å²) in [6.07, 6.45) is 10.3. The van der Waals surface area contributed by atoms with Gasteiger partial charge in [-0.3, -0.25) is 0 Å². The quantitative estimate of drug-likeness (QED) is 0.819. The highest BCUT2D eigenvalue weighted by atomic mass is 16.5. The largest absolute Gasteiger partial charge is 0.495 e. The minimum absolute atomic E-state index is 0.128. The number of fused-ring (bicyclic) bond motifs is 2. The Balaban J connectivity index is 1.94. The summed E-state index contributed by atoms with van der Waals surface area (Å²) in [5, 5.41) is 11.2. The third-order valence-corrected chi connectivity index (χ3v) is 6.73. The Hall–Kier alpha value is -0.500. The maximum Gasteiger partial charge on any atom is 0.0983 e. The molecule has 1 heterocycles. The first-order valence-corrected chi connectivity index (χ1v) is 8.71. The molecule has 2 aliphatic carbocycles. The van der Waals surface area contributed by atoms with Gasteiger partial charge in [-0.15, -0.1) is 0 Å². The van der Waals surface area contributed by atoms with E-state index in [4.69, 9.17) is 4.74 Å². The summed E-state index contributed by atoms with van der Waals surface area (Å²) in [5.74, 6) is 1.89. The van der Waals surface area contributed by atoms with Crippen molar-refractivity contribution < 1.29 is 9.84 Å². The summed E-state index contributed by atoms with van der Waals surface area (Å²) in [6, 6.07) is 0. The van der Waals surface area contributed by atoms with Gasteiger partial charge in [-0.2, -0.15) is 0 Å². The zero-order valence-electron chi connectivity index (χ0n) is 13.4. The van der Waals surface area contributed by atoms with Crippen molar-refractivity contribution in [3.63, 3.8) is 0 Å². The molecule has 1 N–H and O–H groups in total. The van der Waals surface area contributed by atoms with Gasteiger partial charge in [0.2, 0.25) is 0 Å². The summed E-state index contributed by atoms with van der Waals surface area (Å²) in [4.78, 5) is 0. The Morgan fingerprint density at radius 2 is 1.90 bits per heavy atom. The van der Waals surface area contributed by atoms with E-state index in [9.17, 15) is 5.11 Å². The maximum atomic E-state index is 11.2. The molecule has 0 aromatic heterocycles. The Morgan fingerprint density at radius 3 is 2.55 bits per heavy atom. The van der Waals surface area contributed by atoms with Gasteiger partial charge < -0.3 is 9.84 Å². The Morgan fingerprint density at radius 1 is 1.10 bits per heavy atom. The zero-order chi connectivity index (χ0) is 14.4. The molecule has 1 saturated carbocycles. The van der Waals surface area contributed by atoms with Gasteiger partial charge in [-0.05, 0) is 62.9 Å². The van der Waals surface area contributed by atoms with E-state index in [1.807, 2.05) is 0 Å². The first-order chi connectivity index (χ1) is 9.60. The van der Waals surface area contributed by atoms with Gasteiger partial charge in [-0.25, -0.2) is 0 Å². The van der Waals surface area contributed by atoms with Crippen LogP contribution in [0.4, 0.5) is 0 Å². The van der Waals surface area contributed by atoms with Crippen molar-refractivity contribution >= 4 is 0 Å².